The van der Waals surface area contributed by atoms with Crippen molar-refractivity contribution in [1.82, 2.24) is 9.62 Å². The van der Waals surface area contributed by atoms with Gasteiger partial charge in [-0.05, 0) is 18.9 Å². The van der Waals surface area contributed by atoms with Gasteiger partial charge in [0.15, 0.2) is 0 Å². The zero-order chi connectivity index (χ0) is 8.77. The summed E-state index contributed by atoms with van der Waals surface area (Å²) in [7, 11) is -2.96. The van der Waals surface area contributed by atoms with Crippen molar-refractivity contribution in [2.75, 3.05) is 25.9 Å². The zero-order valence-corrected chi connectivity index (χ0v) is 7.97. The number of fused-ring (bicyclic) bond motifs is 2. The Morgan fingerprint density at radius 1 is 1.42 bits per heavy atom. The Hall–Kier alpha value is -0.130. The molecule has 2 heterocycles. The van der Waals surface area contributed by atoms with Crippen LogP contribution in [0.15, 0.2) is 0 Å². The van der Waals surface area contributed by atoms with Crippen LogP contribution < -0.4 is 5.32 Å². The minimum absolute atomic E-state index is 0.401. The molecule has 2 aliphatic rings. The van der Waals surface area contributed by atoms with Gasteiger partial charge in [-0.3, -0.25) is 0 Å². The smallest absolute Gasteiger partial charge is 0.211 e. The lowest BCUT2D eigenvalue weighted by Gasteiger charge is -2.28. The van der Waals surface area contributed by atoms with Crippen LogP contribution in [-0.2, 0) is 10.0 Å². The summed E-state index contributed by atoms with van der Waals surface area (Å²) in [6, 6.07) is 0.401. The fourth-order valence-corrected chi connectivity index (χ4v) is 2.99. The monoisotopic (exact) mass is 190 g/mol. The fraction of sp³-hybridized carbons (Fsp3) is 1.00. The maximum atomic E-state index is 11.2. The van der Waals surface area contributed by atoms with Gasteiger partial charge in [-0.1, -0.05) is 0 Å². The van der Waals surface area contributed by atoms with E-state index in [0.29, 0.717) is 25.0 Å². The maximum Gasteiger partial charge on any atom is 0.211 e. The second-order valence-electron chi connectivity index (χ2n) is 3.79. The quantitative estimate of drug-likeness (QED) is 0.591. The van der Waals surface area contributed by atoms with Gasteiger partial charge < -0.3 is 5.32 Å². The van der Waals surface area contributed by atoms with Crippen LogP contribution in [0.3, 0.4) is 0 Å². The molecule has 0 spiro atoms. The lowest BCUT2D eigenvalue weighted by atomic mass is 10.0. The minimum Gasteiger partial charge on any atom is -0.312 e. The standard InChI is InChI=1S/C7H14N2O2S/c1-12(10,11)9-4-6-2-7(5-9)8-3-6/h6-8H,2-5H2,1H3. The molecule has 0 aliphatic carbocycles. The molecule has 0 saturated carbocycles. The number of nitrogens with zero attached hydrogens (tertiary/aromatic N) is 1. The van der Waals surface area contributed by atoms with Crippen LogP contribution in [0.4, 0.5) is 0 Å². The van der Waals surface area contributed by atoms with Crippen molar-refractivity contribution in [2.45, 2.75) is 12.5 Å². The van der Waals surface area contributed by atoms with E-state index in [1.165, 1.54) is 6.26 Å². The molecule has 2 unspecified atom stereocenters. The third kappa shape index (κ3) is 1.48. The Kier molecular flexibility index (Phi) is 1.89. The summed E-state index contributed by atoms with van der Waals surface area (Å²) in [4.78, 5) is 0. The number of rotatable bonds is 1. The van der Waals surface area contributed by atoms with E-state index < -0.39 is 10.0 Å². The van der Waals surface area contributed by atoms with E-state index in [2.05, 4.69) is 5.32 Å². The van der Waals surface area contributed by atoms with E-state index >= 15 is 0 Å². The first-order valence-corrected chi connectivity index (χ1v) is 6.09. The van der Waals surface area contributed by atoms with E-state index in [9.17, 15) is 8.42 Å². The SMILES string of the molecule is CS(=O)(=O)N1CC2CNC(C2)C1. The molecule has 0 radical (unpaired) electrons. The normalized spacial score (nSPS) is 37.1. The Morgan fingerprint density at radius 3 is 2.75 bits per heavy atom. The number of hydrogen-bond acceptors (Lipinski definition) is 3. The van der Waals surface area contributed by atoms with Crippen LogP contribution in [-0.4, -0.2) is 44.7 Å². The molecule has 5 heteroatoms. The highest BCUT2D eigenvalue weighted by Gasteiger charge is 2.35. The molecule has 0 aromatic heterocycles. The largest absolute Gasteiger partial charge is 0.312 e. The van der Waals surface area contributed by atoms with Gasteiger partial charge in [-0.25, -0.2) is 12.7 Å². The van der Waals surface area contributed by atoms with E-state index in [-0.39, 0.29) is 0 Å². The summed E-state index contributed by atoms with van der Waals surface area (Å²) in [5.74, 6) is 0.540. The van der Waals surface area contributed by atoms with Gasteiger partial charge in [0.25, 0.3) is 0 Å². The van der Waals surface area contributed by atoms with Crippen molar-refractivity contribution < 1.29 is 8.42 Å². The molecule has 0 aromatic carbocycles. The molecule has 12 heavy (non-hydrogen) atoms. The maximum absolute atomic E-state index is 11.2. The number of hydrogen-bond donors (Lipinski definition) is 1. The summed E-state index contributed by atoms with van der Waals surface area (Å²) < 4.78 is 24.0. The summed E-state index contributed by atoms with van der Waals surface area (Å²) in [6.45, 7) is 2.36. The van der Waals surface area contributed by atoms with Crippen molar-refractivity contribution in [3.05, 3.63) is 0 Å². The van der Waals surface area contributed by atoms with E-state index in [1.54, 1.807) is 4.31 Å². The summed E-state index contributed by atoms with van der Waals surface area (Å²) in [5.41, 5.74) is 0. The Morgan fingerprint density at radius 2 is 2.17 bits per heavy atom. The van der Waals surface area contributed by atoms with Gasteiger partial charge >= 0.3 is 0 Å². The highest BCUT2D eigenvalue weighted by molar-refractivity contribution is 7.88. The van der Waals surface area contributed by atoms with Crippen LogP contribution in [0.25, 0.3) is 0 Å². The first-order chi connectivity index (χ1) is 5.55. The molecule has 2 bridgehead atoms. The summed E-state index contributed by atoms with van der Waals surface area (Å²) >= 11 is 0. The predicted octanol–water partition coefficient (Wildman–Crippen LogP) is -0.760. The van der Waals surface area contributed by atoms with Crippen LogP contribution in [0.5, 0.6) is 0 Å². The Bertz CT molecular complexity index is 263. The van der Waals surface area contributed by atoms with Crippen LogP contribution >= 0.6 is 0 Å². The molecule has 0 amide bonds. The fourth-order valence-electron chi connectivity index (χ4n) is 2.06. The Balaban J connectivity index is 2.13. The predicted molar refractivity (Wildman–Crippen MR) is 46.3 cm³/mol. The molecule has 2 aliphatic heterocycles. The molecule has 4 nitrogen and oxygen atoms in total. The van der Waals surface area contributed by atoms with Crippen molar-refractivity contribution in [3.63, 3.8) is 0 Å². The summed E-state index contributed by atoms with van der Waals surface area (Å²) in [5, 5.41) is 3.31. The highest BCUT2D eigenvalue weighted by atomic mass is 32.2. The summed E-state index contributed by atoms with van der Waals surface area (Å²) in [6.07, 6.45) is 2.43. The zero-order valence-electron chi connectivity index (χ0n) is 7.16. The van der Waals surface area contributed by atoms with Crippen molar-refractivity contribution >= 4 is 10.0 Å². The van der Waals surface area contributed by atoms with Crippen LogP contribution in [0.2, 0.25) is 0 Å². The minimum atomic E-state index is -2.96. The number of sulfonamides is 1. The molecular weight excluding hydrogens is 176 g/mol. The van der Waals surface area contributed by atoms with E-state index in [1.807, 2.05) is 0 Å². The van der Waals surface area contributed by atoms with E-state index in [0.717, 1.165) is 13.0 Å². The highest BCUT2D eigenvalue weighted by Crippen LogP contribution is 2.23. The van der Waals surface area contributed by atoms with Crippen LogP contribution in [0.1, 0.15) is 6.42 Å². The molecule has 70 valence electrons. The second-order valence-corrected chi connectivity index (χ2v) is 5.77. The molecular formula is C7H14N2O2S. The first kappa shape index (κ1) is 8.47. The third-order valence-corrected chi connectivity index (χ3v) is 3.90. The van der Waals surface area contributed by atoms with Gasteiger partial charge in [0.2, 0.25) is 10.0 Å². The van der Waals surface area contributed by atoms with Crippen molar-refractivity contribution in [3.8, 4) is 0 Å². The van der Waals surface area contributed by atoms with Gasteiger partial charge in [0.05, 0.1) is 6.26 Å². The van der Waals surface area contributed by atoms with E-state index in [4.69, 9.17) is 0 Å². The molecule has 1 N–H and O–H groups in total. The lowest BCUT2D eigenvalue weighted by molar-refractivity contribution is 0.296. The van der Waals surface area contributed by atoms with Gasteiger partial charge in [0.1, 0.15) is 0 Å². The van der Waals surface area contributed by atoms with Gasteiger partial charge in [-0.15, -0.1) is 0 Å². The Labute approximate surface area is 73.0 Å². The second kappa shape index (κ2) is 2.68. The lowest BCUT2D eigenvalue weighted by Crippen LogP contribution is -2.43. The van der Waals surface area contributed by atoms with Gasteiger partial charge in [-0.2, -0.15) is 0 Å². The molecule has 2 saturated heterocycles. The topological polar surface area (TPSA) is 49.4 Å². The number of nitrogens with one attached hydrogen (secondary N) is 1. The van der Waals surface area contributed by atoms with Crippen molar-refractivity contribution in [2.24, 2.45) is 5.92 Å². The van der Waals surface area contributed by atoms with Crippen molar-refractivity contribution in [1.29, 1.82) is 0 Å². The molecule has 2 atom stereocenters. The first-order valence-electron chi connectivity index (χ1n) is 4.24. The third-order valence-electron chi connectivity index (χ3n) is 2.67. The van der Waals surface area contributed by atoms with Gasteiger partial charge in [0, 0.05) is 19.1 Å². The molecule has 0 aromatic rings. The van der Waals surface area contributed by atoms with Crippen LogP contribution in [0, 0.1) is 5.92 Å². The molecule has 2 rings (SSSR count). The average Bonchev–Trinajstić information content (AvgIpc) is 2.28. The number of piperidine rings is 1. The molecule has 2 fully saturated rings. The average molecular weight is 190 g/mol.